The fraction of sp³-hybridized carbons (Fsp3) is 0.176. The van der Waals surface area contributed by atoms with Gasteiger partial charge in [-0.2, -0.15) is 0 Å². The molecule has 0 saturated heterocycles. The molecule has 0 aliphatic carbocycles. The summed E-state index contributed by atoms with van der Waals surface area (Å²) in [6.07, 6.45) is 0. The van der Waals surface area contributed by atoms with Crippen LogP contribution in [0.2, 0.25) is 0 Å². The molecule has 3 rings (SSSR count). The lowest BCUT2D eigenvalue weighted by atomic mass is 10.0. The molecular formula is C17H17N2OPS. The predicted octanol–water partition coefficient (Wildman–Crippen LogP) is 5.30. The number of carbonyl (C=O) groups excluding carboxylic acids is 1. The summed E-state index contributed by atoms with van der Waals surface area (Å²) in [4.78, 5) is 16.0. The number of amides is 1. The minimum atomic E-state index is -0.134. The summed E-state index contributed by atoms with van der Waals surface area (Å²) < 4.78 is 1.20. The third-order valence-corrected chi connectivity index (χ3v) is 5.02. The minimum absolute atomic E-state index is 0.134. The molecule has 1 aromatic heterocycles. The standard InChI is InChI=1S/C17H17N2OPS/c1-9-4-6-14-15(8-9)22-16(18-14)12-5-7-13(19-17(20)21)11(3)10(12)2/h4-8H,21H2,1-3H3,(H,19,20). The summed E-state index contributed by atoms with van der Waals surface area (Å²) in [7, 11) is 2.14. The molecule has 112 valence electrons. The Morgan fingerprint density at radius 1 is 1.14 bits per heavy atom. The number of hydrogen-bond donors (Lipinski definition) is 1. The maximum absolute atomic E-state index is 11.2. The number of fused-ring (bicyclic) bond motifs is 1. The Balaban J connectivity index is 2.10. The lowest BCUT2D eigenvalue weighted by Gasteiger charge is -2.12. The zero-order chi connectivity index (χ0) is 15.9. The number of aryl methyl sites for hydroxylation is 1. The van der Waals surface area contributed by atoms with Gasteiger partial charge in [0.05, 0.1) is 10.2 Å². The molecule has 22 heavy (non-hydrogen) atoms. The van der Waals surface area contributed by atoms with Crippen LogP contribution in [0.25, 0.3) is 20.8 Å². The van der Waals surface area contributed by atoms with Crippen LogP contribution in [0.3, 0.4) is 0 Å². The van der Waals surface area contributed by atoms with Crippen LogP contribution >= 0.6 is 20.6 Å². The van der Waals surface area contributed by atoms with Gasteiger partial charge in [-0.15, -0.1) is 11.3 Å². The number of anilines is 1. The van der Waals surface area contributed by atoms with Crippen molar-refractivity contribution >= 4 is 42.1 Å². The maximum Gasteiger partial charge on any atom is 0.239 e. The van der Waals surface area contributed by atoms with Crippen molar-refractivity contribution < 1.29 is 4.79 Å². The van der Waals surface area contributed by atoms with Crippen LogP contribution in [0.15, 0.2) is 30.3 Å². The monoisotopic (exact) mass is 328 g/mol. The third kappa shape index (κ3) is 2.77. The first kappa shape index (κ1) is 15.1. The summed E-state index contributed by atoms with van der Waals surface area (Å²) in [5.74, 6) is 0. The van der Waals surface area contributed by atoms with Crippen molar-refractivity contribution in [1.29, 1.82) is 0 Å². The van der Waals surface area contributed by atoms with Crippen molar-refractivity contribution in [2.45, 2.75) is 20.8 Å². The molecule has 3 nitrogen and oxygen atoms in total. The van der Waals surface area contributed by atoms with Crippen LogP contribution < -0.4 is 5.32 Å². The molecule has 0 aliphatic rings. The summed E-state index contributed by atoms with van der Waals surface area (Å²) in [5, 5.41) is 3.85. The molecule has 0 aliphatic heterocycles. The molecule has 1 amide bonds. The Bertz CT molecular complexity index is 886. The number of nitrogens with zero attached hydrogens (tertiary/aromatic N) is 1. The number of rotatable bonds is 2. The van der Waals surface area contributed by atoms with Crippen molar-refractivity contribution in [1.82, 2.24) is 4.98 Å². The van der Waals surface area contributed by atoms with Crippen molar-refractivity contribution in [2.75, 3.05) is 5.32 Å². The second kappa shape index (κ2) is 5.79. The minimum Gasteiger partial charge on any atom is -0.323 e. The fourth-order valence-corrected chi connectivity index (χ4v) is 3.77. The molecular weight excluding hydrogens is 311 g/mol. The number of hydrogen-bond acceptors (Lipinski definition) is 3. The van der Waals surface area contributed by atoms with Crippen molar-refractivity contribution in [3.05, 3.63) is 47.0 Å². The van der Waals surface area contributed by atoms with Crippen LogP contribution in [0.1, 0.15) is 16.7 Å². The molecule has 1 heterocycles. The third-order valence-electron chi connectivity index (χ3n) is 3.82. The van der Waals surface area contributed by atoms with Gasteiger partial charge in [0.2, 0.25) is 5.65 Å². The number of benzene rings is 2. The Kier molecular flexibility index (Phi) is 3.98. The van der Waals surface area contributed by atoms with Gasteiger partial charge >= 0.3 is 0 Å². The van der Waals surface area contributed by atoms with E-state index in [-0.39, 0.29) is 5.65 Å². The Morgan fingerprint density at radius 3 is 2.64 bits per heavy atom. The van der Waals surface area contributed by atoms with E-state index in [2.05, 4.69) is 46.6 Å². The van der Waals surface area contributed by atoms with Crippen molar-refractivity contribution in [3.63, 3.8) is 0 Å². The van der Waals surface area contributed by atoms with E-state index < -0.39 is 0 Å². The molecule has 0 spiro atoms. The highest BCUT2D eigenvalue weighted by Gasteiger charge is 2.12. The van der Waals surface area contributed by atoms with Crippen LogP contribution in [-0.4, -0.2) is 10.6 Å². The molecule has 5 heteroatoms. The number of carbonyl (C=O) groups is 1. The average molecular weight is 328 g/mol. The quantitative estimate of drug-likeness (QED) is 0.649. The predicted molar refractivity (Wildman–Crippen MR) is 98.0 cm³/mol. The molecule has 3 aromatic rings. The Labute approximate surface area is 136 Å². The largest absolute Gasteiger partial charge is 0.323 e. The van der Waals surface area contributed by atoms with E-state index in [0.29, 0.717) is 0 Å². The zero-order valence-electron chi connectivity index (χ0n) is 12.7. The van der Waals surface area contributed by atoms with Gasteiger partial charge in [-0.3, -0.25) is 4.79 Å². The summed E-state index contributed by atoms with van der Waals surface area (Å²) >= 11 is 1.70. The molecule has 0 fully saturated rings. The van der Waals surface area contributed by atoms with Gasteiger partial charge in [0.25, 0.3) is 0 Å². The molecule has 0 radical (unpaired) electrons. The van der Waals surface area contributed by atoms with E-state index in [1.54, 1.807) is 11.3 Å². The zero-order valence-corrected chi connectivity index (χ0v) is 14.7. The average Bonchev–Trinajstić information content (AvgIpc) is 2.86. The number of nitrogens with one attached hydrogen (secondary N) is 1. The lowest BCUT2D eigenvalue weighted by molar-refractivity contribution is 0.269. The molecule has 0 bridgehead atoms. The summed E-state index contributed by atoms with van der Waals surface area (Å²) in [6, 6.07) is 10.3. The van der Waals surface area contributed by atoms with E-state index in [1.807, 2.05) is 19.1 Å². The smallest absolute Gasteiger partial charge is 0.239 e. The first-order valence-corrected chi connectivity index (χ1v) is 8.39. The summed E-state index contributed by atoms with van der Waals surface area (Å²) in [5.41, 5.74) is 6.33. The fourth-order valence-electron chi connectivity index (χ4n) is 2.47. The molecule has 0 saturated carbocycles. The molecule has 1 unspecified atom stereocenters. The maximum atomic E-state index is 11.2. The van der Waals surface area contributed by atoms with Gasteiger partial charge in [0.15, 0.2) is 0 Å². The van der Waals surface area contributed by atoms with Crippen LogP contribution in [0, 0.1) is 20.8 Å². The summed E-state index contributed by atoms with van der Waals surface area (Å²) in [6.45, 7) is 6.18. The second-order valence-corrected chi connectivity index (χ2v) is 6.95. The first-order valence-electron chi connectivity index (χ1n) is 7.00. The highest BCUT2D eigenvalue weighted by Crippen LogP contribution is 2.35. The van der Waals surface area contributed by atoms with Gasteiger partial charge in [0, 0.05) is 11.3 Å². The number of aromatic nitrogens is 1. The van der Waals surface area contributed by atoms with Gasteiger partial charge in [-0.25, -0.2) is 4.98 Å². The van der Waals surface area contributed by atoms with E-state index >= 15 is 0 Å². The SMILES string of the molecule is Cc1ccc2nc(-c3ccc(NC(=O)P)c(C)c3C)sc2c1. The Morgan fingerprint density at radius 2 is 1.91 bits per heavy atom. The molecule has 1 N–H and O–H groups in total. The van der Waals surface area contributed by atoms with E-state index in [0.717, 1.165) is 32.9 Å². The normalized spacial score (nSPS) is 10.9. The second-order valence-electron chi connectivity index (χ2n) is 5.39. The van der Waals surface area contributed by atoms with Gasteiger partial charge in [-0.1, -0.05) is 6.07 Å². The van der Waals surface area contributed by atoms with Crippen LogP contribution in [0.4, 0.5) is 10.5 Å². The highest BCUT2D eigenvalue weighted by atomic mass is 32.1. The molecule has 2 aromatic carbocycles. The highest BCUT2D eigenvalue weighted by molar-refractivity contribution is 7.40. The van der Waals surface area contributed by atoms with Crippen LogP contribution in [-0.2, 0) is 0 Å². The van der Waals surface area contributed by atoms with Gasteiger partial charge in [-0.05, 0) is 71.0 Å². The van der Waals surface area contributed by atoms with E-state index in [1.165, 1.54) is 10.3 Å². The van der Waals surface area contributed by atoms with Crippen molar-refractivity contribution in [2.24, 2.45) is 0 Å². The van der Waals surface area contributed by atoms with E-state index in [9.17, 15) is 4.79 Å². The lowest BCUT2D eigenvalue weighted by Crippen LogP contribution is -2.03. The first-order chi connectivity index (χ1) is 10.5. The van der Waals surface area contributed by atoms with E-state index in [4.69, 9.17) is 4.98 Å². The Hall–Kier alpha value is -1.77. The molecule has 1 atom stereocenters. The van der Waals surface area contributed by atoms with Crippen molar-refractivity contribution in [3.8, 4) is 10.6 Å². The van der Waals surface area contributed by atoms with Crippen LogP contribution in [0.5, 0.6) is 0 Å². The topological polar surface area (TPSA) is 42.0 Å². The van der Waals surface area contributed by atoms with Gasteiger partial charge < -0.3 is 5.32 Å². The number of thiazole rings is 1. The van der Waals surface area contributed by atoms with Gasteiger partial charge in [0.1, 0.15) is 5.01 Å².